The number of allylic oxidation sites excluding steroid dienone is 2. The van der Waals surface area contributed by atoms with E-state index in [0.717, 1.165) is 0 Å². The van der Waals surface area contributed by atoms with Crippen molar-refractivity contribution in [3.8, 4) is 0 Å². The van der Waals surface area contributed by atoms with Gasteiger partial charge in [-0.2, -0.15) is 0 Å². The van der Waals surface area contributed by atoms with Crippen LogP contribution >= 0.6 is 0 Å². The third-order valence-electron chi connectivity index (χ3n) is 0.676. The summed E-state index contributed by atoms with van der Waals surface area (Å²) in [5, 5.41) is 0. The molecule has 1 rings (SSSR count). The van der Waals surface area contributed by atoms with Crippen LogP contribution < -0.4 is 0 Å². The fourth-order valence-electron chi connectivity index (χ4n) is 0.310. The Bertz CT molecular complexity index is 117. The van der Waals surface area contributed by atoms with Gasteiger partial charge in [0.2, 0.25) is 0 Å². The molecule has 1 aliphatic heterocycles. The van der Waals surface area contributed by atoms with Gasteiger partial charge in [-0.15, -0.1) is 0 Å². The monoisotopic (exact) mass is 206 g/mol. The summed E-state index contributed by atoms with van der Waals surface area (Å²) in [7, 11) is 0. The van der Waals surface area contributed by atoms with Gasteiger partial charge >= 0.3 is 54.5 Å². The molecule has 0 unspecified atom stereocenters. The van der Waals surface area contributed by atoms with Crippen LogP contribution in [-0.4, -0.2) is 22.5 Å². The first kappa shape index (κ1) is 5.02. The van der Waals surface area contributed by atoms with Crippen LogP contribution in [0.1, 0.15) is 0 Å². The van der Waals surface area contributed by atoms with Crippen molar-refractivity contribution in [1.29, 1.82) is 0 Å². The van der Waals surface area contributed by atoms with E-state index in [-0.39, 0.29) is 0 Å². The van der Waals surface area contributed by atoms with Crippen LogP contribution in [0.4, 0.5) is 0 Å². The zero-order valence-corrected chi connectivity index (χ0v) is 9.76. The van der Waals surface area contributed by atoms with E-state index in [2.05, 4.69) is 9.78 Å². The molecule has 0 N–H and O–H groups in total. The van der Waals surface area contributed by atoms with E-state index in [4.69, 9.17) is 0 Å². The molecule has 1 aliphatic rings. The third-order valence-corrected chi connectivity index (χ3v) is 2.30. The summed E-state index contributed by atoms with van der Waals surface area (Å²) in [4.78, 5) is 8.90. The molecule has 0 bridgehead atoms. The van der Waals surface area contributed by atoms with Crippen molar-refractivity contribution < 1.29 is 9.78 Å². The van der Waals surface area contributed by atoms with E-state index in [0.29, 0.717) is 22.5 Å². The second-order valence-corrected chi connectivity index (χ2v) is 4.65. The molecular weight excluding hydrogens is 199 g/mol. The first-order chi connectivity index (χ1) is 3.39. The topological polar surface area (TPSA) is 18.5 Å². The van der Waals surface area contributed by atoms with Crippen LogP contribution in [0, 0.1) is 0 Å². The van der Waals surface area contributed by atoms with Crippen LogP contribution in [0.5, 0.6) is 0 Å². The normalized spacial score (nSPS) is 17.4. The molecule has 38 valence electrons. The van der Waals surface area contributed by atoms with Crippen LogP contribution in [0.15, 0.2) is 22.2 Å². The molecule has 0 amide bonds. The Morgan fingerprint density at radius 3 is 2.57 bits per heavy atom. The molecule has 1 heterocycles. The average Bonchev–Trinajstić information content (AvgIpc) is 1.69. The fraction of sp³-hybridized carbons (Fsp3) is 0. The molecule has 0 aliphatic carbocycles. The van der Waals surface area contributed by atoms with Crippen molar-refractivity contribution in [2.24, 2.45) is 0 Å². The first-order valence-electron chi connectivity index (χ1n) is 2.05. The maximum absolute atomic E-state index is 4.49. The van der Waals surface area contributed by atoms with Crippen molar-refractivity contribution in [3.05, 3.63) is 22.2 Å². The van der Waals surface area contributed by atoms with E-state index < -0.39 is 0 Å². The van der Waals surface area contributed by atoms with Crippen LogP contribution in [0.3, 0.4) is 0 Å². The average molecular weight is 205 g/mol. The predicted molar refractivity (Wildman–Crippen MR) is 29.3 cm³/mol. The Hall–Kier alpha value is -0.121. The molecule has 3 heteroatoms. The Balaban J connectivity index is 2.58. The van der Waals surface area contributed by atoms with Crippen LogP contribution in [0.2, 0.25) is 0 Å². The molecule has 0 aromatic carbocycles. The van der Waals surface area contributed by atoms with Gasteiger partial charge in [0.15, 0.2) is 0 Å². The van der Waals surface area contributed by atoms with Gasteiger partial charge in [-0.05, 0) is 0 Å². The number of rotatable bonds is 0. The molecule has 0 atom stereocenters. The van der Waals surface area contributed by atoms with Gasteiger partial charge in [-0.1, -0.05) is 0 Å². The zero-order valence-electron chi connectivity index (χ0n) is 4.05. The predicted octanol–water partition coefficient (Wildman–Crippen LogP) is -0.331. The van der Waals surface area contributed by atoms with Crippen LogP contribution in [-0.2, 0) is 9.78 Å². The fourth-order valence-corrected chi connectivity index (χ4v) is 0.973. The Morgan fingerprint density at radius 1 is 1.43 bits per heavy atom. The van der Waals surface area contributed by atoms with Gasteiger partial charge in [-0.25, -0.2) is 0 Å². The van der Waals surface area contributed by atoms with Gasteiger partial charge in [0.1, 0.15) is 0 Å². The summed E-state index contributed by atoms with van der Waals surface area (Å²) >= 11 is 0.554. The van der Waals surface area contributed by atoms with Gasteiger partial charge in [-0.3, -0.25) is 0 Å². The van der Waals surface area contributed by atoms with E-state index >= 15 is 0 Å². The van der Waals surface area contributed by atoms with Gasteiger partial charge in [0.25, 0.3) is 0 Å². The first-order valence-corrected chi connectivity index (χ1v) is 4.90. The number of hydrogen-bond donors (Lipinski definition) is 0. The minimum absolute atomic E-state index is 0.554. The molecular formula is C4H6O2Sn. The van der Waals surface area contributed by atoms with Crippen molar-refractivity contribution in [2.75, 3.05) is 0 Å². The van der Waals surface area contributed by atoms with Crippen molar-refractivity contribution in [2.45, 2.75) is 0 Å². The van der Waals surface area contributed by atoms with Gasteiger partial charge in [0, 0.05) is 0 Å². The summed E-state index contributed by atoms with van der Waals surface area (Å²) < 4.78 is 1.27. The molecule has 2 nitrogen and oxygen atoms in total. The minimum atomic E-state index is 0.554. The van der Waals surface area contributed by atoms with E-state index in [1.807, 2.05) is 6.08 Å². The molecule has 0 aromatic heterocycles. The Morgan fingerprint density at radius 2 is 2.29 bits per heavy atom. The maximum atomic E-state index is 4.49. The molecule has 7 heavy (non-hydrogen) atoms. The Labute approximate surface area is 54.8 Å². The standard InChI is InChI=1S/C4H3O2.Sn.3H/c1-2-4-6-5-3-1;;;;/h1,3-4H;;;;. The summed E-state index contributed by atoms with van der Waals surface area (Å²) in [5.41, 5.74) is 0. The summed E-state index contributed by atoms with van der Waals surface area (Å²) in [6.07, 6.45) is 5.10. The van der Waals surface area contributed by atoms with Gasteiger partial charge in [0.05, 0.1) is 0 Å². The van der Waals surface area contributed by atoms with Gasteiger partial charge < -0.3 is 0 Å². The quantitative estimate of drug-likeness (QED) is 0.398. The summed E-state index contributed by atoms with van der Waals surface area (Å²) in [5.74, 6) is 0. The molecule has 0 saturated heterocycles. The second kappa shape index (κ2) is 2.25. The third kappa shape index (κ3) is 1.42. The van der Waals surface area contributed by atoms with E-state index in [1.54, 1.807) is 12.5 Å². The molecule has 0 aromatic rings. The molecule has 0 saturated carbocycles. The van der Waals surface area contributed by atoms with Crippen LogP contribution in [0.25, 0.3) is 0 Å². The molecule has 0 spiro atoms. The number of hydrogen-bond acceptors (Lipinski definition) is 2. The second-order valence-electron chi connectivity index (χ2n) is 1.36. The SMILES string of the molecule is [SnH3][C]1=COOC=C1. The Kier molecular flexibility index (Phi) is 1.62. The van der Waals surface area contributed by atoms with E-state index in [9.17, 15) is 0 Å². The zero-order chi connectivity index (χ0) is 5.11. The molecule has 0 fully saturated rings. The van der Waals surface area contributed by atoms with Crippen molar-refractivity contribution in [3.63, 3.8) is 0 Å². The summed E-state index contributed by atoms with van der Waals surface area (Å²) in [6.45, 7) is 0. The summed E-state index contributed by atoms with van der Waals surface area (Å²) in [6, 6.07) is 0. The van der Waals surface area contributed by atoms with Crippen molar-refractivity contribution in [1.82, 2.24) is 0 Å². The molecule has 0 radical (unpaired) electrons. The van der Waals surface area contributed by atoms with Crippen molar-refractivity contribution >= 4 is 22.5 Å². The van der Waals surface area contributed by atoms with E-state index in [1.165, 1.54) is 3.59 Å².